The number of anilines is 1. The average Bonchev–Trinajstić information content (AvgIpc) is 2.67. The Bertz CT molecular complexity index is 700. The lowest BCUT2D eigenvalue weighted by molar-refractivity contribution is 0.240. The van der Waals surface area contributed by atoms with Gasteiger partial charge in [0.05, 0.1) is 6.54 Å². The summed E-state index contributed by atoms with van der Waals surface area (Å²) in [6, 6.07) is 13.7. The van der Waals surface area contributed by atoms with Gasteiger partial charge in [0.15, 0.2) is 0 Å². The Morgan fingerprint density at radius 2 is 1.92 bits per heavy atom. The van der Waals surface area contributed by atoms with E-state index in [1.54, 1.807) is 12.3 Å². The number of likely N-dealkylation sites (N-methyl/N-ethyl adjacent to an activating group) is 1. The molecule has 0 aliphatic heterocycles. The van der Waals surface area contributed by atoms with Crippen LogP contribution in [-0.2, 0) is 13.0 Å². The van der Waals surface area contributed by atoms with Crippen molar-refractivity contribution in [3.05, 3.63) is 72.1 Å². The third kappa shape index (κ3) is 6.47. The number of nitrogens with two attached hydrogens (primary N) is 1. The summed E-state index contributed by atoms with van der Waals surface area (Å²) in [5.41, 5.74) is 8.63. The second-order valence-corrected chi connectivity index (χ2v) is 6.01. The second kappa shape index (κ2) is 10.1. The van der Waals surface area contributed by atoms with Crippen LogP contribution in [0.25, 0.3) is 0 Å². The lowest BCUT2D eigenvalue weighted by atomic mass is 10.1. The molecule has 0 aliphatic rings. The Kier molecular flexibility index (Phi) is 7.49. The Labute approximate surface area is 155 Å². The van der Waals surface area contributed by atoms with Crippen molar-refractivity contribution in [2.45, 2.75) is 19.9 Å². The second-order valence-electron chi connectivity index (χ2n) is 6.01. The summed E-state index contributed by atoms with van der Waals surface area (Å²) in [5.74, 6) is 0.463. The van der Waals surface area contributed by atoms with Crippen molar-refractivity contribution < 1.29 is 4.79 Å². The van der Waals surface area contributed by atoms with Gasteiger partial charge < -0.3 is 21.3 Å². The van der Waals surface area contributed by atoms with Gasteiger partial charge in [0, 0.05) is 31.5 Å². The highest BCUT2D eigenvalue weighted by molar-refractivity contribution is 5.74. The van der Waals surface area contributed by atoms with Crippen LogP contribution in [0.1, 0.15) is 18.1 Å². The van der Waals surface area contributed by atoms with Gasteiger partial charge in [-0.25, -0.2) is 9.78 Å². The first-order valence-electron chi connectivity index (χ1n) is 8.77. The number of nitrogen functional groups attached to an aromatic ring is 1. The minimum absolute atomic E-state index is 0.234. The predicted molar refractivity (Wildman–Crippen MR) is 105 cm³/mol. The SMILES string of the molecule is C=C(CNC(=O)NCc1ccc(N)nc1)N(CC)CCc1ccccc1. The minimum Gasteiger partial charge on any atom is -0.384 e. The standard InChI is InChI=1S/C20H27N5O/c1-3-25(12-11-17-7-5-4-6-8-17)16(2)13-23-20(26)24-15-18-9-10-19(21)22-14-18/h4-10,14H,2-3,11-13,15H2,1H3,(H2,21,22)(H2,23,24,26). The van der Waals surface area contributed by atoms with E-state index in [4.69, 9.17) is 5.73 Å². The zero-order valence-corrected chi connectivity index (χ0v) is 15.2. The van der Waals surface area contributed by atoms with Crippen LogP contribution in [0.4, 0.5) is 10.6 Å². The zero-order chi connectivity index (χ0) is 18.8. The lowest BCUT2D eigenvalue weighted by Crippen LogP contribution is -2.39. The van der Waals surface area contributed by atoms with Crippen molar-refractivity contribution in [2.75, 3.05) is 25.4 Å². The number of benzene rings is 1. The lowest BCUT2D eigenvalue weighted by Gasteiger charge is -2.25. The highest BCUT2D eigenvalue weighted by atomic mass is 16.2. The fourth-order valence-electron chi connectivity index (χ4n) is 2.53. The number of nitrogens with one attached hydrogen (secondary N) is 2. The summed E-state index contributed by atoms with van der Waals surface area (Å²) in [6.07, 6.45) is 2.60. The van der Waals surface area contributed by atoms with Crippen molar-refractivity contribution in [1.82, 2.24) is 20.5 Å². The number of pyridine rings is 1. The molecule has 1 heterocycles. The van der Waals surface area contributed by atoms with Gasteiger partial charge in [0.1, 0.15) is 5.82 Å². The Morgan fingerprint density at radius 3 is 2.58 bits per heavy atom. The molecule has 26 heavy (non-hydrogen) atoms. The predicted octanol–water partition coefficient (Wildman–Crippen LogP) is 2.54. The molecule has 0 saturated heterocycles. The summed E-state index contributed by atoms with van der Waals surface area (Å²) in [7, 11) is 0. The third-order valence-corrected chi connectivity index (χ3v) is 4.10. The molecule has 1 aromatic heterocycles. The van der Waals surface area contributed by atoms with Gasteiger partial charge in [-0.05, 0) is 30.5 Å². The first kappa shape index (κ1) is 19.3. The van der Waals surface area contributed by atoms with E-state index in [0.717, 1.165) is 30.8 Å². The molecule has 0 atom stereocenters. The number of hydrogen-bond acceptors (Lipinski definition) is 4. The van der Waals surface area contributed by atoms with Crippen LogP contribution in [0, 0.1) is 0 Å². The van der Waals surface area contributed by atoms with Crippen molar-refractivity contribution in [1.29, 1.82) is 0 Å². The van der Waals surface area contributed by atoms with Gasteiger partial charge >= 0.3 is 6.03 Å². The van der Waals surface area contributed by atoms with E-state index in [1.807, 2.05) is 24.3 Å². The van der Waals surface area contributed by atoms with Crippen molar-refractivity contribution in [2.24, 2.45) is 0 Å². The fourth-order valence-corrected chi connectivity index (χ4v) is 2.53. The van der Waals surface area contributed by atoms with Crippen molar-refractivity contribution in [3.8, 4) is 0 Å². The first-order valence-corrected chi connectivity index (χ1v) is 8.77. The Hall–Kier alpha value is -3.02. The first-order chi connectivity index (χ1) is 12.6. The van der Waals surface area contributed by atoms with E-state index in [2.05, 4.69) is 46.2 Å². The van der Waals surface area contributed by atoms with Crippen LogP contribution in [0.3, 0.4) is 0 Å². The molecule has 0 unspecified atom stereocenters. The van der Waals surface area contributed by atoms with Gasteiger partial charge in [0.25, 0.3) is 0 Å². The molecule has 6 heteroatoms. The number of amides is 2. The molecule has 138 valence electrons. The number of carbonyl (C=O) groups excluding carboxylic acids is 1. The number of carbonyl (C=O) groups is 1. The maximum atomic E-state index is 12.0. The maximum absolute atomic E-state index is 12.0. The molecule has 0 radical (unpaired) electrons. The number of hydrogen-bond donors (Lipinski definition) is 3. The molecule has 0 fully saturated rings. The largest absolute Gasteiger partial charge is 0.384 e. The monoisotopic (exact) mass is 353 g/mol. The van der Waals surface area contributed by atoms with Crippen LogP contribution in [-0.4, -0.2) is 35.5 Å². The molecule has 1 aromatic carbocycles. The van der Waals surface area contributed by atoms with Crippen LogP contribution in [0.5, 0.6) is 0 Å². The Balaban J connectivity index is 1.71. The molecule has 6 nitrogen and oxygen atoms in total. The minimum atomic E-state index is -0.234. The smallest absolute Gasteiger partial charge is 0.315 e. The summed E-state index contributed by atoms with van der Waals surface area (Å²) >= 11 is 0. The van der Waals surface area contributed by atoms with Gasteiger partial charge in [-0.1, -0.05) is 43.0 Å². The molecular formula is C20H27N5O. The van der Waals surface area contributed by atoms with E-state index >= 15 is 0 Å². The summed E-state index contributed by atoms with van der Waals surface area (Å²) in [6.45, 7) is 8.72. The van der Waals surface area contributed by atoms with Gasteiger partial charge in [-0.3, -0.25) is 0 Å². The number of rotatable bonds is 9. The molecule has 2 rings (SSSR count). The van der Waals surface area contributed by atoms with Crippen LogP contribution < -0.4 is 16.4 Å². The van der Waals surface area contributed by atoms with E-state index in [1.165, 1.54) is 5.56 Å². The van der Waals surface area contributed by atoms with Crippen LogP contribution >= 0.6 is 0 Å². The highest BCUT2D eigenvalue weighted by Crippen LogP contribution is 2.06. The number of aromatic nitrogens is 1. The third-order valence-electron chi connectivity index (χ3n) is 4.10. The molecule has 0 spiro atoms. The van der Waals surface area contributed by atoms with Crippen molar-refractivity contribution >= 4 is 11.8 Å². The molecule has 0 aliphatic carbocycles. The molecular weight excluding hydrogens is 326 g/mol. The van der Waals surface area contributed by atoms with Gasteiger partial charge in [0.2, 0.25) is 0 Å². The Morgan fingerprint density at radius 1 is 1.15 bits per heavy atom. The fraction of sp³-hybridized carbons (Fsp3) is 0.300. The van der Waals surface area contributed by atoms with Crippen LogP contribution in [0.15, 0.2) is 60.9 Å². The van der Waals surface area contributed by atoms with E-state index in [9.17, 15) is 4.79 Å². The highest BCUT2D eigenvalue weighted by Gasteiger charge is 2.08. The molecule has 2 amide bonds. The summed E-state index contributed by atoms with van der Waals surface area (Å²) < 4.78 is 0. The summed E-state index contributed by atoms with van der Waals surface area (Å²) in [4.78, 5) is 18.1. The normalized spacial score (nSPS) is 10.2. The molecule has 0 bridgehead atoms. The van der Waals surface area contributed by atoms with Gasteiger partial charge in [-0.2, -0.15) is 0 Å². The summed E-state index contributed by atoms with van der Waals surface area (Å²) in [5, 5.41) is 5.64. The average molecular weight is 353 g/mol. The van der Waals surface area contributed by atoms with Gasteiger partial charge in [-0.15, -0.1) is 0 Å². The molecule has 2 aromatic rings. The number of nitrogens with zero attached hydrogens (tertiary/aromatic N) is 2. The van der Waals surface area contributed by atoms with Crippen molar-refractivity contribution in [3.63, 3.8) is 0 Å². The molecule has 4 N–H and O–H groups in total. The number of urea groups is 1. The maximum Gasteiger partial charge on any atom is 0.315 e. The molecule has 0 saturated carbocycles. The van der Waals surface area contributed by atoms with Crippen LogP contribution in [0.2, 0.25) is 0 Å². The zero-order valence-electron chi connectivity index (χ0n) is 15.2. The quantitative estimate of drug-likeness (QED) is 0.647. The topological polar surface area (TPSA) is 83.3 Å². The van der Waals surface area contributed by atoms with E-state index in [-0.39, 0.29) is 6.03 Å². The van der Waals surface area contributed by atoms with E-state index < -0.39 is 0 Å². The van der Waals surface area contributed by atoms with E-state index in [0.29, 0.717) is 18.9 Å².